The topological polar surface area (TPSA) is 81.9 Å². The third-order valence-electron chi connectivity index (χ3n) is 3.20. The second kappa shape index (κ2) is 7.18. The first-order valence-electron chi connectivity index (χ1n) is 7.06. The van der Waals surface area contributed by atoms with Crippen molar-refractivity contribution in [2.45, 2.75) is 13.8 Å². The van der Waals surface area contributed by atoms with Crippen molar-refractivity contribution >= 4 is 17.5 Å². The van der Waals surface area contributed by atoms with E-state index in [-0.39, 0.29) is 5.91 Å². The number of amides is 1. The molecule has 0 atom stereocenters. The van der Waals surface area contributed by atoms with Crippen molar-refractivity contribution in [1.29, 1.82) is 5.26 Å². The van der Waals surface area contributed by atoms with E-state index in [4.69, 9.17) is 5.26 Å². The number of carbonyl (C=O) groups excluding carboxylic acids is 1. The Morgan fingerprint density at radius 1 is 1.27 bits per heavy atom. The molecule has 22 heavy (non-hydrogen) atoms. The summed E-state index contributed by atoms with van der Waals surface area (Å²) in [5, 5.41) is 11.9. The van der Waals surface area contributed by atoms with Gasteiger partial charge in [0.1, 0.15) is 0 Å². The largest absolute Gasteiger partial charge is 0.339 e. The van der Waals surface area contributed by atoms with Crippen molar-refractivity contribution in [2.24, 2.45) is 0 Å². The Morgan fingerprint density at radius 2 is 1.95 bits per heavy atom. The second-order valence-electron chi connectivity index (χ2n) is 4.59. The predicted octanol–water partition coefficient (Wildman–Crippen LogP) is 2.57. The van der Waals surface area contributed by atoms with Crippen molar-refractivity contribution in [3.05, 3.63) is 47.8 Å². The lowest BCUT2D eigenvalue weighted by atomic mass is 10.2. The lowest BCUT2D eigenvalue weighted by molar-refractivity contribution is 0.0772. The summed E-state index contributed by atoms with van der Waals surface area (Å²) in [4.78, 5) is 22.2. The SMILES string of the molecule is CCN(CC)C(=O)c1cnc(Nc2cccc(C#N)c2)nc1. The molecule has 0 aliphatic carbocycles. The third kappa shape index (κ3) is 3.58. The normalized spacial score (nSPS) is 9.86. The summed E-state index contributed by atoms with van der Waals surface area (Å²) in [7, 11) is 0. The van der Waals surface area contributed by atoms with Gasteiger partial charge in [0.25, 0.3) is 5.91 Å². The van der Waals surface area contributed by atoms with Crippen LogP contribution < -0.4 is 5.32 Å². The fourth-order valence-electron chi connectivity index (χ4n) is 1.99. The highest BCUT2D eigenvalue weighted by Gasteiger charge is 2.13. The summed E-state index contributed by atoms with van der Waals surface area (Å²) >= 11 is 0. The molecule has 0 saturated carbocycles. The third-order valence-corrected chi connectivity index (χ3v) is 3.20. The number of carbonyl (C=O) groups is 1. The summed E-state index contributed by atoms with van der Waals surface area (Å²) in [5.74, 6) is 0.300. The minimum absolute atomic E-state index is 0.0805. The first-order valence-corrected chi connectivity index (χ1v) is 7.06. The zero-order valence-corrected chi connectivity index (χ0v) is 12.6. The number of hydrogen-bond donors (Lipinski definition) is 1. The van der Waals surface area contributed by atoms with Crippen molar-refractivity contribution in [3.8, 4) is 6.07 Å². The highest BCUT2D eigenvalue weighted by Crippen LogP contribution is 2.14. The lowest BCUT2D eigenvalue weighted by Crippen LogP contribution is -2.30. The molecule has 2 aromatic rings. The minimum Gasteiger partial charge on any atom is -0.339 e. The van der Waals surface area contributed by atoms with Crippen LogP contribution >= 0.6 is 0 Å². The smallest absolute Gasteiger partial charge is 0.256 e. The van der Waals surface area contributed by atoms with Crippen molar-refractivity contribution in [2.75, 3.05) is 18.4 Å². The van der Waals surface area contributed by atoms with Gasteiger partial charge in [0, 0.05) is 31.2 Å². The molecular formula is C16H17N5O. The maximum Gasteiger partial charge on any atom is 0.256 e. The lowest BCUT2D eigenvalue weighted by Gasteiger charge is -2.18. The van der Waals surface area contributed by atoms with E-state index in [0.29, 0.717) is 30.2 Å². The molecule has 1 aromatic carbocycles. The first kappa shape index (κ1) is 15.4. The molecule has 0 saturated heterocycles. The molecule has 1 amide bonds. The highest BCUT2D eigenvalue weighted by molar-refractivity contribution is 5.93. The van der Waals surface area contributed by atoms with Gasteiger partial charge in [-0.05, 0) is 32.0 Å². The average Bonchev–Trinajstić information content (AvgIpc) is 2.56. The van der Waals surface area contributed by atoms with Crippen molar-refractivity contribution in [3.63, 3.8) is 0 Å². The number of benzene rings is 1. The fourth-order valence-corrected chi connectivity index (χ4v) is 1.99. The zero-order valence-electron chi connectivity index (χ0n) is 12.6. The maximum atomic E-state index is 12.1. The molecule has 0 aliphatic heterocycles. The van der Waals surface area contributed by atoms with E-state index < -0.39 is 0 Å². The van der Waals surface area contributed by atoms with Gasteiger partial charge in [-0.15, -0.1) is 0 Å². The Morgan fingerprint density at radius 3 is 2.55 bits per heavy atom. The fraction of sp³-hybridized carbons (Fsp3) is 0.250. The van der Waals surface area contributed by atoms with Crippen molar-refractivity contribution < 1.29 is 4.79 Å². The quantitative estimate of drug-likeness (QED) is 0.916. The van der Waals surface area contributed by atoms with Crippen molar-refractivity contribution in [1.82, 2.24) is 14.9 Å². The van der Waals surface area contributed by atoms with Gasteiger partial charge < -0.3 is 10.2 Å². The van der Waals surface area contributed by atoms with E-state index in [1.165, 1.54) is 12.4 Å². The number of hydrogen-bond acceptors (Lipinski definition) is 5. The van der Waals surface area contributed by atoms with Gasteiger partial charge in [-0.25, -0.2) is 9.97 Å². The number of rotatable bonds is 5. The molecule has 1 heterocycles. The number of aromatic nitrogens is 2. The Hall–Kier alpha value is -2.94. The molecule has 112 valence electrons. The van der Waals surface area contributed by atoms with Crippen LogP contribution in [0, 0.1) is 11.3 Å². The summed E-state index contributed by atoms with van der Waals surface area (Å²) < 4.78 is 0. The second-order valence-corrected chi connectivity index (χ2v) is 4.59. The Labute approximate surface area is 129 Å². The minimum atomic E-state index is -0.0805. The van der Waals surface area contributed by atoms with Crippen LogP contribution in [0.25, 0.3) is 0 Å². The van der Waals surface area contributed by atoms with Crippen LogP contribution in [0.4, 0.5) is 11.6 Å². The maximum absolute atomic E-state index is 12.1. The van der Waals surface area contributed by atoms with Crippen LogP contribution in [0.15, 0.2) is 36.7 Å². The zero-order chi connectivity index (χ0) is 15.9. The van der Waals surface area contributed by atoms with E-state index >= 15 is 0 Å². The molecule has 0 unspecified atom stereocenters. The van der Waals surface area contributed by atoms with Crippen LogP contribution in [0.3, 0.4) is 0 Å². The number of nitrogens with one attached hydrogen (secondary N) is 1. The van der Waals surface area contributed by atoms with Gasteiger partial charge in [0.2, 0.25) is 5.95 Å². The molecule has 0 spiro atoms. The molecule has 1 aromatic heterocycles. The molecule has 0 aliphatic rings. The first-order chi connectivity index (χ1) is 10.7. The molecular weight excluding hydrogens is 278 g/mol. The molecule has 6 nitrogen and oxygen atoms in total. The number of nitriles is 1. The summed E-state index contributed by atoms with van der Waals surface area (Å²) in [6.07, 6.45) is 3.01. The Kier molecular flexibility index (Phi) is 5.04. The van der Waals surface area contributed by atoms with Gasteiger partial charge in [0.05, 0.1) is 17.2 Å². The van der Waals surface area contributed by atoms with Gasteiger partial charge in [0.15, 0.2) is 0 Å². The molecule has 0 radical (unpaired) electrons. The van der Waals surface area contributed by atoms with Crippen LogP contribution in [0.5, 0.6) is 0 Å². The van der Waals surface area contributed by atoms with Gasteiger partial charge in [-0.3, -0.25) is 4.79 Å². The monoisotopic (exact) mass is 295 g/mol. The van der Waals surface area contributed by atoms with Crippen LogP contribution in [0.2, 0.25) is 0 Å². The molecule has 1 N–H and O–H groups in total. The van der Waals surface area contributed by atoms with Gasteiger partial charge in [-0.2, -0.15) is 5.26 Å². The predicted molar refractivity (Wildman–Crippen MR) is 83.7 cm³/mol. The summed E-state index contributed by atoms with van der Waals surface area (Å²) in [6, 6.07) is 9.09. The average molecular weight is 295 g/mol. The number of anilines is 2. The van der Waals surface area contributed by atoms with E-state index in [1.807, 2.05) is 19.9 Å². The van der Waals surface area contributed by atoms with Gasteiger partial charge in [-0.1, -0.05) is 6.07 Å². The molecule has 0 bridgehead atoms. The van der Waals surface area contributed by atoms with Crippen LogP contribution in [0.1, 0.15) is 29.8 Å². The highest BCUT2D eigenvalue weighted by atomic mass is 16.2. The molecule has 2 rings (SSSR count). The van der Waals surface area contributed by atoms with Gasteiger partial charge >= 0.3 is 0 Å². The molecule has 0 fully saturated rings. The Balaban J connectivity index is 2.12. The van der Waals surface area contributed by atoms with Crippen LogP contribution in [-0.4, -0.2) is 33.9 Å². The van der Waals surface area contributed by atoms with Crippen LogP contribution in [-0.2, 0) is 0 Å². The summed E-state index contributed by atoms with van der Waals surface area (Å²) in [5.41, 5.74) is 1.74. The van der Waals surface area contributed by atoms with E-state index in [1.54, 1.807) is 23.1 Å². The summed E-state index contributed by atoms with van der Waals surface area (Å²) in [6.45, 7) is 5.16. The van der Waals surface area contributed by atoms with E-state index in [0.717, 1.165) is 5.69 Å². The molecule has 6 heteroatoms. The standard InChI is InChI=1S/C16H17N5O/c1-3-21(4-2)15(22)13-10-18-16(19-11-13)20-14-7-5-6-12(8-14)9-17/h5-8,10-11H,3-4H2,1-2H3,(H,18,19,20). The van der Waals surface area contributed by atoms with E-state index in [9.17, 15) is 4.79 Å². The number of nitrogens with zero attached hydrogens (tertiary/aromatic N) is 4. The Bertz CT molecular complexity index is 686. The van der Waals surface area contributed by atoms with E-state index in [2.05, 4.69) is 21.4 Å².